The Bertz CT molecular complexity index is 1280. The first-order chi connectivity index (χ1) is 16.1. The number of carboxylic acid groups (broad SMARTS) is 1. The number of carbonyl (C=O) groups is 1. The molecule has 0 radical (unpaired) electrons. The van der Waals surface area contributed by atoms with Crippen LogP contribution in [0.1, 0.15) is 32.4 Å². The van der Waals surface area contributed by atoms with Crippen LogP contribution in [0.25, 0.3) is 11.3 Å². The summed E-state index contributed by atoms with van der Waals surface area (Å²) in [4.78, 5) is 17.3. The van der Waals surface area contributed by atoms with E-state index in [0.717, 1.165) is 34.0 Å². The highest BCUT2D eigenvalue weighted by Crippen LogP contribution is 2.46. The van der Waals surface area contributed by atoms with Crippen LogP contribution in [0.15, 0.2) is 77.1 Å². The average Bonchev–Trinajstić information content (AvgIpc) is 3.25. The van der Waals surface area contributed by atoms with Crippen LogP contribution in [0.3, 0.4) is 0 Å². The largest absolute Gasteiger partial charge is 0.482 e. The predicted octanol–water partition coefficient (Wildman–Crippen LogP) is 6.56. The monoisotopic (exact) mass is 473 g/mol. The Labute approximate surface area is 201 Å². The number of aliphatic carboxylic acids is 1. The van der Waals surface area contributed by atoms with Gasteiger partial charge in [0, 0.05) is 16.0 Å². The lowest BCUT2D eigenvalue weighted by molar-refractivity contribution is -0.139. The van der Waals surface area contributed by atoms with Gasteiger partial charge in [-0.05, 0) is 37.0 Å². The first-order valence-electron chi connectivity index (χ1n) is 10.8. The summed E-state index contributed by atoms with van der Waals surface area (Å²) in [5, 5.41) is 9.15. The number of rotatable bonds is 7. The van der Waals surface area contributed by atoms with Crippen molar-refractivity contribution in [2.24, 2.45) is 0 Å². The molecule has 0 amide bonds. The maximum Gasteiger partial charge on any atom is 0.341 e. The van der Waals surface area contributed by atoms with Crippen LogP contribution in [0.5, 0.6) is 5.75 Å². The number of thiazole rings is 1. The quantitative estimate of drug-likeness (QED) is 0.308. The van der Waals surface area contributed by atoms with Crippen molar-refractivity contribution >= 4 is 29.1 Å². The molecule has 0 fully saturated rings. The summed E-state index contributed by atoms with van der Waals surface area (Å²) in [5.74, 6) is -0.330. The Balaban J connectivity index is 1.48. The summed E-state index contributed by atoms with van der Waals surface area (Å²) >= 11 is 3.55. The molecule has 1 aromatic heterocycles. The van der Waals surface area contributed by atoms with E-state index < -0.39 is 5.97 Å². The molecule has 0 bridgehead atoms. The predicted molar refractivity (Wildman–Crippen MR) is 133 cm³/mol. The minimum absolute atomic E-state index is 0.157. The van der Waals surface area contributed by atoms with Gasteiger partial charge >= 0.3 is 5.97 Å². The van der Waals surface area contributed by atoms with Gasteiger partial charge < -0.3 is 9.84 Å². The Morgan fingerprint density at radius 1 is 1.03 bits per heavy atom. The topological polar surface area (TPSA) is 59.4 Å². The van der Waals surface area contributed by atoms with Crippen LogP contribution in [0.4, 0.5) is 0 Å². The van der Waals surface area contributed by atoms with Gasteiger partial charge in [0.15, 0.2) is 10.9 Å². The Kier molecular flexibility index (Phi) is 6.20. The molecule has 1 atom stereocenters. The van der Waals surface area contributed by atoms with Crippen molar-refractivity contribution in [3.05, 3.63) is 99.9 Å². The number of fused-ring (bicyclic) bond motifs is 3. The number of thioether (sulfide) groups is 1. The van der Waals surface area contributed by atoms with Crippen LogP contribution >= 0.6 is 23.1 Å². The van der Waals surface area contributed by atoms with E-state index >= 15 is 0 Å². The average molecular weight is 474 g/mol. The molecule has 1 heterocycles. The van der Waals surface area contributed by atoms with Gasteiger partial charge in [-0.3, -0.25) is 0 Å². The first kappa shape index (κ1) is 21.7. The molecule has 0 saturated heterocycles. The number of ether oxygens (including phenoxy) is 1. The SMILES string of the molecule is Cc1ccc(C(Sc2nc3c(s2)CCc2c(OCC(=O)O)cccc2-3)c2ccccc2)cc1. The molecule has 1 N–H and O–H groups in total. The molecule has 4 aromatic rings. The van der Waals surface area contributed by atoms with Crippen LogP contribution in [-0.4, -0.2) is 22.7 Å². The third kappa shape index (κ3) is 4.68. The molecule has 5 rings (SSSR count). The molecule has 1 unspecified atom stereocenters. The van der Waals surface area contributed by atoms with Crippen LogP contribution < -0.4 is 4.74 Å². The maximum absolute atomic E-state index is 11.0. The zero-order valence-electron chi connectivity index (χ0n) is 18.2. The van der Waals surface area contributed by atoms with E-state index in [1.807, 2.05) is 18.2 Å². The van der Waals surface area contributed by atoms with Crippen molar-refractivity contribution in [1.29, 1.82) is 0 Å². The van der Waals surface area contributed by atoms with Gasteiger partial charge in [-0.1, -0.05) is 84.1 Å². The molecular formula is C27H23NO3S2. The number of hydrogen-bond donors (Lipinski definition) is 1. The van der Waals surface area contributed by atoms with E-state index in [1.165, 1.54) is 21.6 Å². The van der Waals surface area contributed by atoms with E-state index in [4.69, 9.17) is 14.8 Å². The minimum Gasteiger partial charge on any atom is -0.482 e. The van der Waals surface area contributed by atoms with Gasteiger partial charge in [0.05, 0.1) is 10.9 Å². The van der Waals surface area contributed by atoms with E-state index in [-0.39, 0.29) is 11.9 Å². The summed E-state index contributed by atoms with van der Waals surface area (Å²) in [7, 11) is 0. The number of aryl methyl sites for hydroxylation is 2. The fraction of sp³-hybridized carbons (Fsp3) is 0.185. The number of benzene rings is 3. The lowest BCUT2D eigenvalue weighted by atomic mass is 9.93. The van der Waals surface area contributed by atoms with Gasteiger partial charge in [-0.25, -0.2) is 9.78 Å². The molecular weight excluding hydrogens is 450 g/mol. The molecule has 1 aliphatic carbocycles. The third-order valence-corrected chi connectivity index (χ3v) is 8.24. The molecule has 33 heavy (non-hydrogen) atoms. The second-order valence-electron chi connectivity index (χ2n) is 8.04. The molecule has 0 saturated carbocycles. The van der Waals surface area contributed by atoms with Crippen molar-refractivity contribution in [3.8, 4) is 17.0 Å². The minimum atomic E-state index is -0.973. The second-order valence-corrected chi connectivity index (χ2v) is 10.5. The van der Waals surface area contributed by atoms with Crippen LogP contribution in [0.2, 0.25) is 0 Å². The summed E-state index contributed by atoms with van der Waals surface area (Å²) in [6.07, 6.45) is 1.71. The molecule has 3 aromatic carbocycles. The van der Waals surface area contributed by atoms with Gasteiger partial charge in [-0.2, -0.15) is 0 Å². The Morgan fingerprint density at radius 2 is 1.79 bits per heavy atom. The lowest BCUT2D eigenvalue weighted by Gasteiger charge is -2.18. The van der Waals surface area contributed by atoms with Gasteiger partial charge in [0.25, 0.3) is 0 Å². The zero-order chi connectivity index (χ0) is 22.8. The molecule has 6 heteroatoms. The van der Waals surface area contributed by atoms with E-state index in [1.54, 1.807) is 23.1 Å². The van der Waals surface area contributed by atoms with Crippen molar-refractivity contribution in [2.45, 2.75) is 29.4 Å². The fourth-order valence-corrected chi connectivity index (χ4v) is 6.64. The second kappa shape index (κ2) is 9.41. The third-order valence-electron chi connectivity index (χ3n) is 5.72. The summed E-state index contributed by atoms with van der Waals surface area (Å²) < 4.78 is 6.59. The van der Waals surface area contributed by atoms with Gasteiger partial charge in [-0.15, -0.1) is 11.3 Å². The van der Waals surface area contributed by atoms with Crippen molar-refractivity contribution in [3.63, 3.8) is 0 Å². The van der Waals surface area contributed by atoms with Gasteiger partial charge in [0.1, 0.15) is 5.75 Å². The number of hydrogen-bond acceptors (Lipinski definition) is 5. The smallest absolute Gasteiger partial charge is 0.341 e. The highest BCUT2D eigenvalue weighted by molar-refractivity contribution is 8.01. The summed E-state index contributed by atoms with van der Waals surface area (Å²) in [6.45, 7) is 1.77. The Morgan fingerprint density at radius 3 is 2.55 bits per heavy atom. The molecule has 0 spiro atoms. The fourth-order valence-electron chi connectivity index (χ4n) is 4.12. The van der Waals surface area contributed by atoms with E-state index in [0.29, 0.717) is 5.75 Å². The number of nitrogens with zero attached hydrogens (tertiary/aromatic N) is 1. The molecule has 4 nitrogen and oxygen atoms in total. The van der Waals surface area contributed by atoms with Gasteiger partial charge in [0.2, 0.25) is 0 Å². The van der Waals surface area contributed by atoms with Crippen molar-refractivity contribution in [2.75, 3.05) is 6.61 Å². The highest BCUT2D eigenvalue weighted by atomic mass is 32.2. The summed E-state index contributed by atoms with van der Waals surface area (Å²) in [6, 6.07) is 25.1. The van der Waals surface area contributed by atoms with Crippen molar-refractivity contribution < 1.29 is 14.6 Å². The van der Waals surface area contributed by atoms with E-state index in [2.05, 4.69) is 61.5 Å². The number of aromatic nitrogens is 1. The standard InChI is InChI=1S/C27H23NO3S2/c1-17-10-12-19(13-11-17)26(18-6-3-2-4-7-18)33-27-28-25-21-8-5-9-22(31-16-24(29)30)20(21)14-15-23(25)32-27/h2-13,26H,14-16H2,1H3,(H,29,30). The first-order valence-corrected chi connectivity index (χ1v) is 12.5. The van der Waals surface area contributed by atoms with Crippen molar-refractivity contribution in [1.82, 2.24) is 4.98 Å². The summed E-state index contributed by atoms with van der Waals surface area (Å²) in [5.41, 5.74) is 6.86. The molecule has 166 valence electrons. The zero-order valence-corrected chi connectivity index (χ0v) is 19.8. The maximum atomic E-state index is 11.0. The Hall–Kier alpha value is -3.09. The highest BCUT2D eigenvalue weighted by Gasteiger charge is 2.25. The molecule has 0 aliphatic heterocycles. The normalized spacial score (nSPS) is 13.1. The van der Waals surface area contributed by atoms with Crippen LogP contribution in [-0.2, 0) is 17.6 Å². The number of carboxylic acids is 1. The van der Waals surface area contributed by atoms with Crippen LogP contribution in [0, 0.1) is 6.92 Å². The van der Waals surface area contributed by atoms with E-state index in [9.17, 15) is 4.79 Å². The lowest BCUT2D eigenvalue weighted by Crippen LogP contribution is -2.12. The molecule has 1 aliphatic rings.